The Balaban J connectivity index is 2.34. The van der Waals surface area contributed by atoms with E-state index >= 15 is 0 Å². The second-order valence-electron chi connectivity index (χ2n) is 4.07. The highest BCUT2D eigenvalue weighted by molar-refractivity contribution is 5.85. The molecule has 1 fully saturated rings. The first-order chi connectivity index (χ1) is 7.56. The highest BCUT2D eigenvalue weighted by Crippen LogP contribution is 2.22. The van der Waals surface area contributed by atoms with Crippen LogP contribution in [0.1, 0.15) is 28.7 Å². The van der Waals surface area contributed by atoms with Gasteiger partial charge in [-0.3, -0.25) is 4.79 Å². The van der Waals surface area contributed by atoms with Gasteiger partial charge in [0, 0.05) is 18.5 Å². The third-order valence-corrected chi connectivity index (χ3v) is 2.76. The maximum Gasteiger partial charge on any atom is 0.354 e. The van der Waals surface area contributed by atoms with Gasteiger partial charge in [0.1, 0.15) is 5.82 Å². The number of H-pyrrole nitrogens is 1. The molecule has 2 heterocycles. The molecule has 0 aromatic carbocycles. The zero-order valence-electron chi connectivity index (χ0n) is 8.93. The summed E-state index contributed by atoms with van der Waals surface area (Å²) in [5.41, 5.74) is -0.592. The Morgan fingerprint density at radius 3 is 3.00 bits per heavy atom. The van der Waals surface area contributed by atoms with Crippen LogP contribution in [0.15, 0.2) is 10.9 Å². The zero-order valence-corrected chi connectivity index (χ0v) is 8.93. The van der Waals surface area contributed by atoms with Gasteiger partial charge in [-0.15, -0.1) is 0 Å². The largest absolute Gasteiger partial charge is 0.477 e. The first-order valence-corrected chi connectivity index (χ1v) is 5.09. The van der Waals surface area contributed by atoms with Crippen LogP contribution >= 0.6 is 0 Å². The van der Waals surface area contributed by atoms with Gasteiger partial charge in [0.25, 0.3) is 5.56 Å². The normalized spacial score (nSPS) is 21.2. The predicted octanol–water partition coefficient (Wildman–Crippen LogP) is -0.113. The lowest BCUT2D eigenvalue weighted by molar-refractivity contribution is 0.0689. The molecule has 16 heavy (non-hydrogen) atoms. The summed E-state index contributed by atoms with van der Waals surface area (Å²) < 4.78 is 0. The quantitative estimate of drug-likeness (QED) is 0.730. The number of carboxylic acid groups (broad SMARTS) is 1. The third-order valence-electron chi connectivity index (χ3n) is 2.76. The molecule has 1 aliphatic heterocycles. The maximum atomic E-state index is 11.3. The van der Waals surface area contributed by atoms with Gasteiger partial charge >= 0.3 is 5.97 Å². The molecular formula is C10H13N3O3. The molecule has 1 saturated heterocycles. The number of nitrogens with one attached hydrogen (secondary N) is 1. The molecule has 1 atom stereocenters. The summed E-state index contributed by atoms with van der Waals surface area (Å²) in [6.07, 6.45) is 0.891. The summed E-state index contributed by atoms with van der Waals surface area (Å²) in [5.74, 6) is -0.565. The minimum absolute atomic E-state index is 0.122. The van der Waals surface area contributed by atoms with Gasteiger partial charge in [0.05, 0.1) is 0 Å². The van der Waals surface area contributed by atoms with Crippen LogP contribution in [-0.4, -0.2) is 46.1 Å². The molecule has 0 radical (unpaired) electrons. The molecule has 0 aliphatic carbocycles. The number of likely N-dealkylation sites (tertiary alicyclic amines) is 1. The van der Waals surface area contributed by atoms with Crippen LogP contribution < -0.4 is 5.56 Å². The number of likely N-dealkylation sites (N-methyl/N-ethyl adjacent to an activating group) is 1. The molecule has 0 amide bonds. The lowest BCUT2D eigenvalue weighted by atomic mass is 10.1. The van der Waals surface area contributed by atoms with Crippen LogP contribution in [0.5, 0.6) is 0 Å². The van der Waals surface area contributed by atoms with E-state index < -0.39 is 11.5 Å². The number of aromatic carboxylic acids is 1. The Hall–Kier alpha value is -1.69. The molecule has 6 heteroatoms. The second kappa shape index (κ2) is 4.05. The molecule has 2 rings (SSSR count). The van der Waals surface area contributed by atoms with Gasteiger partial charge in [0.2, 0.25) is 0 Å². The minimum Gasteiger partial charge on any atom is -0.477 e. The molecule has 0 saturated carbocycles. The predicted molar refractivity (Wildman–Crippen MR) is 56.7 cm³/mol. The number of carbonyl (C=O) groups is 1. The Kier molecular flexibility index (Phi) is 2.74. The third kappa shape index (κ3) is 2.11. The van der Waals surface area contributed by atoms with E-state index in [1.54, 1.807) is 0 Å². The summed E-state index contributed by atoms with van der Waals surface area (Å²) >= 11 is 0. The Morgan fingerprint density at radius 1 is 1.69 bits per heavy atom. The summed E-state index contributed by atoms with van der Waals surface area (Å²) in [6, 6.07) is 1.00. The van der Waals surface area contributed by atoms with Crippen molar-refractivity contribution >= 4 is 5.97 Å². The van der Waals surface area contributed by atoms with E-state index in [1.165, 1.54) is 0 Å². The number of hydrogen-bond acceptors (Lipinski definition) is 4. The first kappa shape index (κ1) is 10.8. The zero-order chi connectivity index (χ0) is 11.7. The number of carboxylic acids is 1. The highest BCUT2D eigenvalue weighted by atomic mass is 16.4. The first-order valence-electron chi connectivity index (χ1n) is 5.09. The standard InChI is InChI=1S/C10H13N3O3/c1-13-3-2-6(5-13)9-11-7(10(15)16)4-8(14)12-9/h4,6H,2-3,5H2,1H3,(H,15,16)(H,11,12,14). The summed E-state index contributed by atoms with van der Waals surface area (Å²) in [5, 5.41) is 8.80. The molecule has 2 N–H and O–H groups in total. The number of aromatic nitrogens is 2. The smallest absolute Gasteiger partial charge is 0.354 e. The van der Waals surface area contributed by atoms with Crippen LogP contribution in [0.3, 0.4) is 0 Å². The summed E-state index contributed by atoms with van der Waals surface area (Å²) in [6.45, 7) is 1.73. The number of rotatable bonds is 2. The summed E-state index contributed by atoms with van der Waals surface area (Å²) in [4.78, 5) is 30.7. The van der Waals surface area contributed by atoms with Crippen molar-refractivity contribution in [3.05, 3.63) is 27.9 Å². The molecule has 6 nitrogen and oxygen atoms in total. The van der Waals surface area contributed by atoms with E-state index in [9.17, 15) is 9.59 Å². The highest BCUT2D eigenvalue weighted by Gasteiger charge is 2.24. The van der Waals surface area contributed by atoms with Crippen molar-refractivity contribution in [2.24, 2.45) is 0 Å². The molecule has 86 valence electrons. The average molecular weight is 223 g/mol. The number of aromatic amines is 1. The molecule has 1 aromatic rings. The fourth-order valence-electron chi connectivity index (χ4n) is 1.94. The van der Waals surface area contributed by atoms with Crippen molar-refractivity contribution < 1.29 is 9.90 Å². The van der Waals surface area contributed by atoms with E-state index in [0.717, 1.165) is 25.6 Å². The van der Waals surface area contributed by atoms with Crippen LogP contribution in [0, 0.1) is 0 Å². The van der Waals surface area contributed by atoms with Gasteiger partial charge < -0.3 is 15.0 Å². The van der Waals surface area contributed by atoms with E-state index in [0.29, 0.717) is 5.82 Å². The minimum atomic E-state index is -1.17. The van der Waals surface area contributed by atoms with Crippen LogP contribution in [-0.2, 0) is 0 Å². The van der Waals surface area contributed by atoms with Crippen LogP contribution in [0.2, 0.25) is 0 Å². The van der Waals surface area contributed by atoms with Crippen molar-refractivity contribution in [2.45, 2.75) is 12.3 Å². The SMILES string of the molecule is CN1CCC(c2nc(C(=O)O)cc(=O)[nH]2)C1. The topological polar surface area (TPSA) is 86.3 Å². The maximum absolute atomic E-state index is 11.3. The fourth-order valence-corrected chi connectivity index (χ4v) is 1.94. The number of hydrogen-bond donors (Lipinski definition) is 2. The monoisotopic (exact) mass is 223 g/mol. The molecule has 0 bridgehead atoms. The van der Waals surface area contributed by atoms with E-state index in [2.05, 4.69) is 14.9 Å². The Morgan fingerprint density at radius 2 is 2.44 bits per heavy atom. The Bertz CT molecular complexity index is 469. The van der Waals surface area contributed by atoms with Crippen molar-refractivity contribution in [3.63, 3.8) is 0 Å². The van der Waals surface area contributed by atoms with Crippen molar-refractivity contribution in [1.29, 1.82) is 0 Å². The fraction of sp³-hybridized carbons (Fsp3) is 0.500. The lowest BCUT2D eigenvalue weighted by Gasteiger charge is -2.09. The van der Waals surface area contributed by atoms with Gasteiger partial charge in [0.15, 0.2) is 5.69 Å². The van der Waals surface area contributed by atoms with Gasteiger partial charge in [-0.2, -0.15) is 0 Å². The van der Waals surface area contributed by atoms with Crippen molar-refractivity contribution in [1.82, 2.24) is 14.9 Å². The molecular weight excluding hydrogens is 210 g/mol. The van der Waals surface area contributed by atoms with E-state index in [1.807, 2.05) is 7.05 Å². The van der Waals surface area contributed by atoms with E-state index in [-0.39, 0.29) is 11.6 Å². The second-order valence-corrected chi connectivity index (χ2v) is 4.07. The Labute approximate surface area is 91.9 Å². The van der Waals surface area contributed by atoms with Crippen LogP contribution in [0.25, 0.3) is 0 Å². The molecule has 0 spiro atoms. The van der Waals surface area contributed by atoms with Gasteiger partial charge in [-0.05, 0) is 20.0 Å². The molecule has 1 unspecified atom stereocenters. The molecule has 1 aliphatic rings. The van der Waals surface area contributed by atoms with Crippen molar-refractivity contribution in [2.75, 3.05) is 20.1 Å². The van der Waals surface area contributed by atoms with Crippen LogP contribution in [0.4, 0.5) is 0 Å². The van der Waals surface area contributed by atoms with Gasteiger partial charge in [-0.25, -0.2) is 9.78 Å². The van der Waals surface area contributed by atoms with E-state index in [4.69, 9.17) is 5.11 Å². The average Bonchev–Trinajstić information content (AvgIpc) is 2.64. The molecule has 1 aromatic heterocycles. The number of nitrogens with zero attached hydrogens (tertiary/aromatic N) is 2. The van der Waals surface area contributed by atoms with Gasteiger partial charge in [-0.1, -0.05) is 0 Å². The lowest BCUT2D eigenvalue weighted by Crippen LogP contribution is -2.20. The summed E-state index contributed by atoms with van der Waals surface area (Å²) in [7, 11) is 1.99. The van der Waals surface area contributed by atoms with Crippen molar-refractivity contribution in [3.8, 4) is 0 Å².